The van der Waals surface area contributed by atoms with Crippen LogP contribution in [0.1, 0.15) is 18.4 Å². The molecule has 1 aliphatic heterocycles. The summed E-state index contributed by atoms with van der Waals surface area (Å²) in [6.07, 6.45) is 1.90. The van der Waals surface area contributed by atoms with E-state index in [1.165, 1.54) is 0 Å². The molecule has 1 fully saturated rings. The van der Waals surface area contributed by atoms with E-state index in [1.54, 1.807) is 17.2 Å². The summed E-state index contributed by atoms with van der Waals surface area (Å²) in [4.78, 5) is 5.64. The summed E-state index contributed by atoms with van der Waals surface area (Å²) in [5.41, 5.74) is 0.411. The third-order valence-electron chi connectivity index (χ3n) is 2.41. The number of alkyl halides is 1. The third kappa shape index (κ3) is 1.95. The number of hydrogen-bond donors (Lipinski definition) is 0. The van der Waals surface area contributed by atoms with Gasteiger partial charge in [0.25, 0.3) is 0 Å². The molecule has 0 aromatic carbocycles. The Bertz CT molecular complexity index is 416. The van der Waals surface area contributed by atoms with Crippen molar-refractivity contribution in [1.29, 1.82) is 5.26 Å². The smallest absolute Gasteiger partial charge is 0.173 e. The predicted octanol–water partition coefficient (Wildman–Crippen LogP) is 2.61. The Morgan fingerprint density at radius 2 is 2.47 bits per heavy atom. The molecule has 2 heterocycles. The molecule has 1 atom stereocenters. The molecule has 0 bridgehead atoms. The van der Waals surface area contributed by atoms with Crippen molar-refractivity contribution in [3.05, 3.63) is 22.3 Å². The lowest BCUT2D eigenvalue weighted by molar-refractivity contribution is 0.343. The molecule has 0 radical (unpaired) electrons. The Hall–Kier alpha value is -1.15. The molecule has 1 aromatic heterocycles. The zero-order valence-corrected chi connectivity index (χ0v) is 9.54. The van der Waals surface area contributed by atoms with Crippen molar-refractivity contribution in [2.75, 3.05) is 11.4 Å². The molecule has 5 heteroatoms. The summed E-state index contributed by atoms with van der Waals surface area (Å²) in [7, 11) is 0. The maximum Gasteiger partial charge on any atom is 0.173 e. The summed E-state index contributed by atoms with van der Waals surface area (Å²) >= 11 is 3.23. The first kappa shape index (κ1) is 10.4. The number of aromatic nitrogens is 1. The van der Waals surface area contributed by atoms with Crippen molar-refractivity contribution in [3.8, 4) is 6.07 Å². The van der Waals surface area contributed by atoms with E-state index in [-0.39, 0.29) is 0 Å². The van der Waals surface area contributed by atoms with Crippen molar-refractivity contribution in [2.45, 2.75) is 19.1 Å². The van der Waals surface area contributed by atoms with Gasteiger partial charge in [0, 0.05) is 17.2 Å². The molecule has 78 valence electrons. The highest BCUT2D eigenvalue weighted by Gasteiger charge is 2.26. The number of nitrogens with zero attached hydrogens (tertiary/aromatic N) is 3. The molecule has 1 aliphatic rings. The predicted molar refractivity (Wildman–Crippen MR) is 58.1 cm³/mol. The van der Waals surface area contributed by atoms with E-state index >= 15 is 0 Å². The molecule has 0 saturated carbocycles. The highest BCUT2D eigenvalue weighted by molar-refractivity contribution is 9.10. The highest BCUT2D eigenvalue weighted by atomic mass is 79.9. The van der Waals surface area contributed by atoms with Gasteiger partial charge in [-0.2, -0.15) is 5.26 Å². The van der Waals surface area contributed by atoms with E-state index < -0.39 is 6.30 Å². The van der Waals surface area contributed by atoms with E-state index in [0.717, 1.165) is 10.9 Å². The van der Waals surface area contributed by atoms with Crippen LogP contribution in [0.4, 0.5) is 10.2 Å². The lowest BCUT2D eigenvalue weighted by Gasteiger charge is -2.20. The van der Waals surface area contributed by atoms with Gasteiger partial charge in [0.2, 0.25) is 0 Å². The first-order chi connectivity index (χ1) is 7.22. The zero-order valence-electron chi connectivity index (χ0n) is 7.95. The topological polar surface area (TPSA) is 39.9 Å². The first-order valence-electron chi connectivity index (χ1n) is 4.68. The van der Waals surface area contributed by atoms with E-state index in [1.807, 2.05) is 6.07 Å². The third-order valence-corrected chi connectivity index (χ3v) is 2.84. The number of halogens is 2. The minimum atomic E-state index is -1.01. The van der Waals surface area contributed by atoms with Gasteiger partial charge in [0.1, 0.15) is 11.9 Å². The van der Waals surface area contributed by atoms with E-state index in [0.29, 0.717) is 24.3 Å². The van der Waals surface area contributed by atoms with Crippen molar-refractivity contribution in [3.63, 3.8) is 0 Å². The quantitative estimate of drug-likeness (QED) is 0.736. The van der Waals surface area contributed by atoms with Crippen LogP contribution in [0.5, 0.6) is 0 Å². The Kier molecular flexibility index (Phi) is 2.87. The molecule has 15 heavy (non-hydrogen) atoms. The van der Waals surface area contributed by atoms with Crippen LogP contribution in [0.15, 0.2) is 16.7 Å². The molecule has 0 spiro atoms. The second kappa shape index (κ2) is 4.15. The van der Waals surface area contributed by atoms with Crippen LogP contribution in [0.2, 0.25) is 0 Å². The number of pyridine rings is 1. The standard InChI is InChI=1S/C10H9BrFN3/c11-8-4-7(5-13)10(14-6-8)15-3-1-2-9(15)12/h4,6,9H,1-3H2. The van der Waals surface area contributed by atoms with Crippen LogP contribution in [-0.4, -0.2) is 17.8 Å². The van der Waals surface area contributed by atoms with E-state index in [4.69, 9.17) is 5.26 Å². The van der Waals surface area contributed by atoms with Gasteiger partial charge in [-0.3, -0.25) is 0 Å². The van der Waals surface area contributed by atoms with Gasteiger partial charge >= 0.3 is 0 Å². The van der Waals surface area contributed by atoms with Crippen LogP contribution in [0.25, 0.3) is 0 Å². The monoisotopic (exact) mass is 269 g/mol. The van der Waals surface area contributed by atoms with Crippen LogP contribution in [0.3, 0.4) is 0 Å². The normalized spacial score (nSPS) is 20.3. The Morgan fingerprint density at radius 3 is 3.07 bits per heavy atom. The highest BCUT2D eigenvalue weighted by Crippen LogP contribution is 2.28. The van der Waals surface area contributed by atoms with Gasteiger partial charge in [0.15, 0.2) is 6.30 Å². The first-order valence-corrected chi connectivity index (χ1v) is 5.48. The average molecular weight is 270 g/mol. The molecule has 0 aliphatic carbocycles. The summed E-state index contributed by atoms with van der Waals surface area (Å²) in [6, 6.07) is 3.69. The minimum Gasteiger partial charge on any atom is -0.326 e. The fraction of sp³-hybridized carbons (Fsp3) is 0.400. The Labute approximate surface area is 95.7 Å². The average Bonchev–Trinajstić information content (AvgIpc) is 2.64. The summed E-state index contributed by atoms with van der Waals surface area (Å²) in [5, 5.41) is 8.93. The number of hydrogen-bond acceptors (Lipinski definition) is 3. The van der Waals surface area contributed by atoms with Crippen LogP contribution < -0.4 is 4.90 Å². The van der Waals surface area contributed by atoms with Gasteiger partial charge in [-0.05, 0) is 34.8 Å². The van der Waals surface area contributed by atoms with Crippen molar-refractivity contribution in [1.82, 2.24) is 4.98 Å². The minimum absolute atomic E-state index is 0.411. The summed E-state index contributed by atoms with van der Waals surface area (Å²) < 4.78 is 14.2. The van der Waals surface area contributed by atoms with Gasteiger partial charge in [-0.1, -0.05) is 0 Å². The lowest BCUT2D eigenvalue weighted by Crippen LogP contribution is -2.27. The van der Waals surface area contributed by atoms with Crippen molar-refractivity contribution < 1.29 is 4.39 Å². The van der Waals surface area contributed by atoms with Gasteiger partial charge < -0.3 is 4.90 Å². The lowest BCUT2D eigenvalue weighted by atomic mass is 10.2. The molecule has 1 aromatic rings. The second-order valence-electron chi connectivity index (χ2n) is 3.41. The largest absolute Gasteiger partial charge is 0.326 e. The molecule has 2 rings (SSSR count). The number of rotatable bonds is 1. The maximum atomic E-state index is 13.5. The van der Waals surface area contributed by atoms with Crippen LogP contribution in [0, 0.1) is 11.3 Å². The molecular formula is C10H9BrFN3. The Balaban J connectivity index is 2.39. The second-order valence-corrected chi connectivity index (χ2v) is 4.32. The molecule has 3 nitrogen and oxygen atoms in total. The SMILES string of the molecule is N#Cc1cc(Br)cnc1N1CCCC1F. The van der Waals surface area contributed by atoms with Gasteiger partial charge in [-0.25, -0.2) is 9.37 Å². The zero-order chi connectivity index (χ0) is 10.8. The van der Waals surface area contributed by atoms with Crippen molar-refractivity contribution >= 4 is 21.7 Å². The summed E-state index contributed by atoms with van der Waals surface area (Å²) in [6.45, 7) is 0.629. The molecule has 1 unspecified atom stereocenters. The van der Waals surface area contributed by atoms with Crippen molar-refractivity contribution in [2.24, 2.45) is 0 Å². The van der Waals surface area contributed by atoms with Crippen LogP contribution in [-0.2, 0) is 0 Å². The van der Waals surface area contributed by atoms with Gasteiger partial charge in [-0.15, -0.1) is 0 Å². The van der Waals surface area contributed by atoms with Crippen LogP contribution >= 0.6 is 15.9 Å². The molecular weight excluding hydrogens is 261 g/mol. The molecule has 1 saturated heterocycles. The van der Waals surface area contributed by atoms with E-state index in [9.17, 15) is 4.39 Å². The fourth-order valence-corrected chi connectivity index (χ4v) is 2.04. The molecule has 0 amide bonds. The van der Waals surface area contributed by atoms with E-state index in [2.05, 4.69) is 20.9 Å². The maximum absolute atomic E-state index is 13.5. The van der Waals surface area contributed by atoms with Gasteiger partial charge in [0.05, 0.1) is 5.56 Å². The fourth-order valence-electron chi connectivity index (χ4n) is 1.71. The Morgan fingerprint density at radius 1 is 1.67 bits per heavy atom. The molecule has 0 N–H and O–H groups in total. The number of nitriles is 1. The summed E-state index contributed by atoms with van der Waals surface area (Å²) in [5.74, 6) is 0.450. The number of anilines is 1.